The van der Waals surface area contributed by atoms with E-state index in [2.05, 4.69) is 63.7 Å². The first-order valence-corrected chi connectivity index (χ1v) is 12.1. The van der Waals surface area contributed by atoms with Gasteiger partial charge in [-0.3, -0.25) is 4.79 Å². The van der Waals surface area contributed by atoms with Crippen molar-refractivity contribution < 1.29 is 78.5 Å². The minimum Gasteiger partial charge on any atom is -0.871 e. The molecule has 2 aromatic rings. The van der Waals surface area contributed by atoms with Gasteiger partial charge in [-0.15, -0.1) is 0 Å². The first-order valence-electron chi connectivity index (χ1n) is 8.17. The summed E-state index contributed by atoms with van der Waals surface area (Å²) in [6.45, 7) is 0. The third-order valence-corrected chi connectivity index (χ3v) is 7.81. The molecule has 0 saturated heterocycles. The molecule has 33 heavy (non-hydrogen) atoms. The molecule has 0 aromatic heterocycles. The second-order valence-electron chi connectivity index (χ2n) is 6.30. The van der Waals surface area contributed by atoms with Crippen LogP contribution in [0.5, 0.6) is 5.75 Å². The molecule has 1 aliphatic carbocycles. The molecule has 13 heteroatoms. The monoisotopic (exact) mass is 756 g/mol. The number of hydrogen-bond acceptors (Lipinski definition) is 5. The van der Waals surface area contributed by atoms with Crippen molar-refractivity contribution in [3.05, 3.63) is 68.0 Å². The summed E-state index contributed by atoms with van der Waals surface area (Å²) in [5.74, 6) is -1.84. The van der Waals surface area contributed by atoms with Crippen LogP contribution in [0.1, 0.15) is 10.4 Å². The minimum absolute atomic E-state index is 0. The van der Waals surface area contributed by atoms with E-state index >= 15 is 0 Å². The maximum Gasteiger partial charge on any atom is 1.00 e. The van der Waals surface area contributed by atoms with E-state index in [4.69, 9.17) is 27.6 Å². The molecule has 2 aliphatic rings. The summed E-state index contributed by atoms with van der Waals surface area (Å²) in [5.41, 5.74) is 0.0864. The molecule has 158 valence electrons. The summed E-state index contributed by atoms with van der Waals surface area (Å²) in [5, 5.41) is 24.8. The number of benzene rings is 3. The molecule has 0 fully saturated rings. The Labute approximate surface area is 274 Å². The average Bonchev–Trinajstić information content (AvgIpc) is 2.71. The van der Waals surface area contributed by atoms with Crippen LogP contribution in [0.3, 0.4) is 0 Å². The van der Waals surface area contributed by atoms with Gasteiger partial charge < -0.3 is 19.4 Å². The van der Waals surface area contributed by atoms with E-state index in [1.165, 1.54) is 24.3 Å². The molecule has 5 nitrogen and oxygen atoms in total. The second-order valence-corrected chi connectivity index (χ2v) is 10.4. The van der Waals surface area contributed by atoms with Gasteiger partial charge in [-0.2, -0.15) is 0 Å². The molecule has 2 aromatic carbocycles. The summed E-state index contributed by atoms with van der Waals surface area (Å²) in [6.07, 6.45) is 0. The van der Waals surface area contributed by atoms with E-state index < -0.39 is 17.1 Å². The number of halogens is 6. The first kappa shape index (κ1) is 30.1. The average molecular weight is 761 g/mol. The minimum atomic E-state index is -1.54. The van der Waals surface area contributed by atoms with E-state index in [-0.39, 0.29) is 110 Å². The predicted octanol–water partition coefficient (Wildman–Crippen LogP) is 0.367. The van der Waals surface area contributed by atoms with Gasteiger partial charge in [-0.25, -0.2) is 0 Å². The summed E-state index contributed by atoms with van der Waals surface area (Å²) in [6, 6.07) is 5.78. The van der Waals surface area contributed by atoms with Gasteiger partial charge in [0.25, 0.3) is 0 Å². The number of carbonyl (C=O) groups excluding carboxylic acids is 1. The van der Waals surface area contributed by atoms with Crippen molar-refractivity contribution in [2.75, 3.05) is 0 Å². The Morgan fingerprint density at radius 3 is 2.12 bits per heavy atom. The largest absolute Gasteiger partial charge is 1.00 e. The van der Waals surface area contributed by atoms with Gasteiger partial charge in [0.1, 0.15) is 10.1 Å². The van der Waals surface area contributed by atoms with Crippen molar-refractivity contribution in [3.63, 3.8) is 0 Å². The fourth-order valence-corrected chi connectivity index (χ4v) is 6.14. The topological polar surface area (TPSA) is 93.4 Å². The zero-order valence-electron chi connectivity index (χ0n) is 16.6. The molecule has 4 rings (SSSR count). The number of carboxylic acid groups (broad SMARTS) is 1. The number of rotatable bonds is 2. The van der Waals surface area contributed by atoms with E-state index in [9.17, 15) is 19.8 Å². The maximum atomic E-state index is 12.5. The predicted molar refractivity (Wildman–Crippen MR) is 129 cm³/mol. The molecular formula is C20H4Br4Cl2Na2O5. The molecule has 0 amide bonds. The molecule has 0 N–H and O–H groups in total. The van der Waals surface area contributed by atoms with Crippen LogP contribution in [-0.2, 0) is 0 Å². The van der Waals surface area contributed by atoms with Crippen LogP contribution < -0.4 is 74.8 Å². The summed E-state index contributed by atoms with van der Waals surface area (Å²) >= 11 is 25.5. The Kier molecular flexibility index (Phi) is 10.5. The Hall–Kier alpha value is 0.900. The molecule has 0 unspecified atom stereocenters. The Morgan fingerprint density at radius 2 is 1.52 bits per heavy atom. The summed E-state index contributed by atoms with van der Waals surface area (Å²) in [7, 11) is 0. The Bertz CT molecular complexity index is 1480. The fraction of sp³-hybridized carbons (Fsp3) is 0. The Morgan fingerprint density at radius 1 is 0.909 bits per heavy atom. The van der Waals surface area contributed by atoms with Gasteiger partial charge >= 0.3 is 59.1 Å². The van der Waals surface area contributed by atoms with E-state index in [1.807, 2.05) is 0 Å². The van der Waals surface area contributed by atoms with Crippen molar-refractivity contribution in [1.29, 1.82) is 0 Å². The molecule has 0 saturated carbocycles. The van der Waals surface area contributed by atoms with E-state index in [0.29, 0.717) is 16.5 Å². The molecule has 1 aliphatic heterocycles. The Balaban J connectivity index is 0.00000193. The van der Waals surface area contributed by atoms with E-state index in [0.717, 1.165) is 0 Å². The molecule has 0 bridgehead atoms. The molecular weight excluding hydrogens is 757 g/mol. The number of hydrogen-bond donors (Lipinski definition) is 0. The zero-order chi connectivity index (χ0) is 22.8. The van der Waals surface area contributed by atoms with Crippen molar-refractivity contribution >= 4 is 104 Å². The third kappa shape index (κ3) is 5.18. The molecule has 0 spiro atoms. The van der Waals surface area contributed by atoms with Gasteiger partial charge in [0.05, 0.1) is 19.9 Å². The van der Waals surface area contributed by atoms with Gasteiger partial charge in [-0.1, -0.05) is 44.9 Å². The van der Waals surface area contributed by atoms with Crippen LogP contribution in [0, 0.1) is 0 Å². The van der Waals surface area contributed by atoms with Crippen LogP contribution in [0.4, 0.5) is 0 Å². The van der Waals surface area contributed by atoms with Gasteiger partial charge in [-0.05, 0) is 72.1 Å². The number of carbonyl (C=O) groups is 1. The van der Waals surface area contributed by atoms with Crippen LogP contribution in [0.15, 0.2) is 51.4 Å². The third-order valence-electron chi connectivity index (χ3n) is 4.56. The van der Waals surface area contributed by atoms with Gasteiger partial charge in [0, 0.05) is 37.1 Å². The first-order chi connectivity index (χ1) is 14.5. The maximum absolute atomic E-state index is 12.5. The van der Waals surface area contributed by atoms with E-state index in [1.54, 1.807) is 0 Å². The van der Waals surface area contributed by atoms with Gasteiger partial charge in [0.2, 0.25) is 5.43 Å². The normalized spacial score (nSPS) is 10.7. The quantitative estimate of drug-likeness (QED) is 0.218. The number of aromatic carboxylic acids is 1. The molecule has 0 radical (unpaired) electrons. The summed E-state index contributed by atoms with van der Waals surface area (Å²) < 4.78 is 6.50. The van der Waals surface area contributed by atoms with Crippen molar-refractivity contribution in [2.45, 2.75) is 0 Å². The summed E-state index contributed by atoms with van der Waals surface area (Å²) in [4.78, 5) is 24.5. The standard InChI is InChI=1S/C20H6Br4Cl2O5.2Na/c21-7-3-5-11(12-9(25)1-2-10(26)13(12)20(29)30)6-4-8(22)17(28)15(24)19(6)31-18(5)14(23)16(7)27;;/h1-4,27H,(H,29,30);;/q;2*+1/p-2. The number of carboxylic acids is 1. The molecule has 1 heterocycles. The van der Waals surface area contributed by atoms with Crippen molar-refractivity contribution in [2.24, 2.45) is 0 Å². The van der Waals surface area contributed by atoms with Crippen molar-refractivity contribution in [3.8, 4) is 28.2 Å². The fourth-order valence-electron chi connectivity index (χ4n) is 3.25. The van der Waals surface area contributed by atoms with Crippen molar-refractivity contribution in [1.82, 2.24) is 0 Å². The molecule has 0 atom stereocenters. The van der Waals surface area contributed by atoms with Crippen LogP contribution in [0.25, 0.3) is 33.4 Å². The SMILES string of the molecule is O=C([O-])c1c(Cl)ccc(Cl)c1-c1c2cc(Br)c(=O)c(Br)c-2oc2c(Br)c([O-])c(Br)cc12.[Na+].[Na+]. The zero-order valence-corrected chi connectivity index (χ0v) is 28.5. The van der Waals surface area contributed by atoms with Crippen LogP contribution in [0.2, 0.25) is 10.0 Å². The van der Waals surface area contributed by atoms with Crippen LogP contribution >= 0.6 is 86.9 Å². The number of fused-ring (bicyclic) bond motifs is 2. The second kappa shape index (κ2) is 11.5. The smallest absolute Gasteiger partial charge is 0.871 e. The van der Waals surface area contributed by atoms with Crippen LogP contribution in [-0.4, -0.2) is 5.97 Å². The van der Waals surface area contributed by atoms with Gasteiger partial charge in [0.15, 0.2) is 5.76 Å².